The van der Waals surface area contributed by atoms with Crippen LogP contribution in [0.15, 0.2) is 62.3 Å². The lowest BCUT2D eigenvalue weighted by molar-refractivity contribution is -0.138. The zero-order chi connectivity index (χ0) is 23.0. The predicted molar refractivity (Wildman–Crippen MR) is 132 cm³/mol. The number of aromatic nitrogens is 1. The van der Waals surface area contributed by atoms with Crippen LogP contribution in [0.1, 0.15) is 31.0 Å². The molecule has 2 aromatic carbocycles. The minimum Gasteiger partial charge on any atom is -0.463 e. The number of halogens is 3. The van der Waals surface area contributed by atoms with Crippen LogP contribution in [0.5, 0.6) is 0 Å². The molecule has 32 heavy (non-hydrogen) atoms. The van der Waals surface area contributed by atoms with Gasteiger partial charge in [-0.2, -0.15) is 0 Å². The summed E-state index contributed by atoms with van der Waals surface area (Å²) in [6.45, 7) is 3.71. The Balaban J connectivity index is 1.95. The first-order chi connectivity index (χ1) is 15.3. The van der Waals surface area contributed by atoms with Crippen molar-refractivity contribution in [2.45, 2.75) is 19.9 Å². The van der Waals surface area contributed by atoms with Gasteiger partial charge in [-0.25, -0.2) is 9.79 Å². The summed E-state index contributed by atoms with van der Waals surface area (Å²) >= 11 is 16.9. The van der Waals surface area contributed by atoms with Crippen molar-refractivity contribution in [2.24, 2.45) is 4.99 Å². The molecule has 0 radical (unpaired) electrons. The SMILES string of the molecule is CCOC(=O)C1=C(C)n2c(s/c(=C\c3ccc(Cl)cc3Cl)c2=O)=N[C@H]1c1ccc(Br)cc1. The lowest BCUT2D eigenvalue weighted by Gasteiger charge is -2.22. The van der Waals surface area contributed by atoms with Gasteiger partial charge in [0, 0.05) is 20.2 Å². The van der Waals surface area contributed by atoms with E-state index in [-0.39, 0.29) is 12.2 Å². The molecular weight excluding hydrogens is 535 g/mol. The Labute approximate surface area is 206 Å². The normalized spacial score (nSPS) is 16.0. The summed E-state index contributed by atoms with van der Waals surface area (Å²) in [5, 5.41) is 0.956. The Hall–Kier alpha value is -2.19. The summed E-state index contributed by atoms with van der Waals surface area (Å²) in [4.78, 5) is 31.4. The average Bonchev–Trinajstić information content (AvgIpc) is 3.06. The van der Waals surface area contributed by atoms with Crippen LogP contribution in [0.2, 0.25) is 10.0 Å². The van der Waals surface area contributed by atoms with Crippen LogP contribution in [0.3, 0.4) is 0 Å². The van der Waals surface area contributed by atoms with Crippen LogP contribution in [0.4, 0.5) is 0 Å². The third kappa shape index (κ3) is 4.35. The zero-order valence-electron chi connectivity index (χ0n) is 17.1. The van der Waals surface area contributed by atoms with Crippen molar-refractivity contribution in [3.8, 4) is 0 Å². The fraction of sp³-hybridized carbons (Fsp3) is 0.174. The molecule has 5 nitrogen and oxygen atoms in total. The monoisotopic (exact) mass is 550 g/mol. The molecule has 0 aliphatic carbocycles. The molecule has 1 aromatic heterocycles. The number of hydrogen-bond donors (Lipinski definition) is 0. The summed E-state index contributed by atoms with van der Waals surface area (Å²) in [6.07, 6.45) is 1.71. The fourth-order valence-electron chi connectivity index (χ4n) is 3.46. The van der Waals surface area contributed by atoms with E-state index in [0.717, 1.165) is 10.0 Å². The minimum atomic E-state index is -0.577. The van der Waals surface area contributed by atoms with E-state index in [1.54, 1.807) is 38.1 Å². The van der Waals surface area contributed by atoms with Crippen LogP contribution in [0, 0.1) is 0 Å². The number of carbonyl (C=O) groups is 1. The highest BCUT2D eigenvalue weighted by molar-refractivity contribution is 9.10. The molecule has 0 bridgehead atoms. The Morgan fingerprint density at radius 2 is 1.97 bits per heavy atom. The van der Waals surface area contributed by atoms with Gasteiger partial charge in [-0.15, -0.1) is 0 Å². The van der Waals surface area contributed by atoms with E-state index in [4.69, 9.17) is 32.9 Å². The standard InChI is InChI=1S/C23H17BrCl2N2O3S/c1-3-31-22(30)19-12(2)28-21(29)18(10-14-6-9-16(25)11-17(14)26)32-23(28)27-20(19)13-4-7-15(24)8-5-13/h4-11,20H,3H2,1-2H3/b18-10-/t20-/m0/s1. The van der Waals surface area contributed by atoms with E-state index >= 15 is 0 Å². The Morgan fingerprint density at radius 3 is 2.62 bits per heavy atom. The summed E-state index contributed by atoms with van der Waals surface area (Å²) < 4.78 is 8.12. The molecule has 4 rings (SSSR count). The fourth-order valence-corrected chi connectivity index (χ4v) is 5.22. The number of allylic oxidation sites excluding steroid dienone is 1. The van der Waals surface area contributed by atoms with Crippen LogP contribution < -0.4 is 14.9 Å². The van der Waals surface area contributed by atoms with Gasteiger partial charge in [-0.1, -0.05) is 68.7 Å². The highest BCUT2D eigenvalue weighted by atomic mass is 79.9. The molecule has 0 N–H and O–H groups in total. The number of nitrogens with zero attached hydrogens (tertiary/aromatic N) is 2. The summed E-state index contributed by atoms with van der Waals surface area (Å²) in [7, 11) is 0. The molecule has 0 saturated heterocycles. The van der Waals surface area contributed by atoms with Gasteiger partial charge < -0.3 is 4.74 Å². The number of esters is 1. The van der Waals surface area contributed by atoms with Crippen LogP contribution in [-0.4, -0.2) is 17.1 Å². The average molecular weight is 552 g/mol. The number of fused-ring (bicyclic) bond motifs is 1. The molecule has 1 aliphatic rings. The lowest BCUT2D eigenvalue weighted by Crippen LogP contribution is -2.35. The van der Waals surface area contributed by atoms with Crippen molar-refractivity contribution in [1.82, 2.24) is 4.57 Å². The van der Waals surface area contributed by atoms with Crippen LogP contribution >= 0.6 is 50.5 Å². The molecule has 3 aromatic rings. The Morgan fingerprint density at radius 1 is 1.25 bits per heavy atom. The van der Waals surface area contributed by atoms with Gasteiger partial charge in [0.25, 0.3) is 5.56 Å². The number of thiazole rings is 1. The van der Waals surface area contributed by atoms with Gasteiger partial charge in [-0.05, 0) is 55.3 Å². The topological polar surface area (TPSA) is 60.7 Å². The quantitative estimate of drug-likeness (QED) is 0.430. The predicted octanol–water partition coefficient (Wildman–Crippen LogP) is 4.98. The molecule has 9 heteroatoms. The summed E-state index contributed by atoms with van der Waals surface area (Å²) in [5.41, 5.74) is 2.08. The molecule has 164 valence electrons. The van der Waals surface area contributed by atoms with Crippen molar-refractivity contribution < 1.29 is 9.53 Å². The molecule has 0 fully saturated rings. The third-order valence-corrected chi connectivity index (χ3v) is 7.05. The van der Waals surface area contributed by atoms with Gasteiger partial charge in [0.2, 0.25) is 0 Å². The highest BCUT2D eigenvalue weighted by Crippen LogP contribution is 2.32. The molecule has 1 atom stereocenters. The summed E-state index contributed by atoms with van der Waals surface area (Å²) in [5.74, 6) is -0.489. The summed E-state index contributed by atoms with van der Waals surface area (Å²) in [6, 6.07) is 12.1. The molecule has 0 spiro atoms. The van der Waals surface area contributed by atoms with E-state index in [1.165, 1.54) is 15.9 Å². The maximum atomic E-state index is 13.2. The maximum Gasteiger partial charge on any atom is 0.338 e. The highest BCUT2D eigenvalue weighted by Gasteiger charge is 2.31. The van der Waals surface area contributed by atoms with Crippen molar-refractivity contribution in [2.75, 3.05) is 6.61 Å². The van der Waals surface area contributed by atoms with Crippen LogP contribution in [-0.2, 0) is 9.53 Å². The molecule has 1 aliphatic heterocycles. The van der Waals surface area contributed by atoms with Crippen molar-refractivity contribution in [3.63, 3.8) is 0 Å². The smallest absolute Gasteiger partial charge is 0.338 e. The first-order valence-corrected chi connectivity index (χ1v) is 12.1. The third-order valence-electron chi connectivity index (χ3n) is 4.97. The largest absolute Gasteiger partial charge is 0.463 e. The minimum absolute atomic E-state index is 0.224. The van der Waals surface area contributed by atoms with E-state index in [1.807, 2.05) is 24.3 Å². The van der Waals surface area contributed by atoms with Gasteiger partial charge in [0.15, 0.2) is 4.80 Å². The van der Waals surface area contributed by atoms with Crippen molar-refractivity contribution in [3.05, 3.63) is 93.4 Å². The van der Waals surface area contributed by atoms with E-state index in [2.05, 4.69) is 15.9 Å². The number of benzene rings is 2. The van der Waals surface area contributed by atoms with Crippen LogP contribution in [0.25, 0.3) is 11.8 Å². The van der Waals surface area contributed by atoms with Gasteiger partial charge >= 0.3 is 5.97 Å². The van der Waals surface area contributed by atoms with Gasteiger partial charge in [0.05, 0.1) is 16.7 Å². The van der Waals surface area contributed by atoms with E-state index < -0.39 is 12.0 Å². The number of ether oxygens (including phenoxy) is 1. The molecule has 0 unspecified atom stereocenters. The number of carbonyl (C=O) groups excluding carboxylic acids is 1. The second-order valence-corrected chi connectivity index (χ2v) is 9.77. The first kappa shape index (κ1) is 23.0. The number of hydrogen-bond acceptors (Lipinski definition) is 5. The molecule has 0 amide bonds. The van der Waals surface area contributed by atoms with E-state index in [0.29, 0.717) is 36.2 Å². The second-order valence-electron chi connectivity index (χ2n) is 7.00. The zero-order valence-corrected chi connectivity index (χ0v) is 21.0. The van der Waals surface area contributed by atoms with Gasteiger partial charge in [-0.3, -0.25) is 9.36 Å². The van der Waals surface area contributed by atoms with Gasteiger partial charge in [0.1, 0.15) is 6.04 Å². The Bertz CT molecular complexity index is 1420. The second kappa shape index (κ2) is 9.35. The first-order valence-electron chi connectivity index (χ1n) is 9.70. The molecule has 2 heterocycles. The lowest BCUT2D eigenvalue weighted by atomic mass is 9.97. The van der Waals surface area contributed by atoms with Crippen molar-refractivity contribution >= 4 is 68.2 Å². The number of rotatable bonds is 4. The van der Waals surface area contributed by atoms with Crippen molar-refractivity contribution in [1.29, 1.82) is 0 Å². The van der Waals surface area contributed by atoms with E-state index in [9.17, 15) is 9.59 Å². The maximum absolute atomic E-state index is 13.2. The molecule has 0 saturated carbocycles. The molecular formula is C23H17BrCl2N2O3S. The Kier molecular flexibility index (Phi) is 6.72.